The Bertz CT molecular complexity index is 587. The monoisotopic (exact) mass is 332 g/mol. The van der Waals surface area contributed by atoms with Crippen molar-refractivity contribution >= 4 is 15.9 Å². The highest BCUT2D eigenvalue weighted by Crippen LogP contribution is 2.38. The largest absolute Gasteiger partial charge is 0.493 e. The lowest BCUT2D eigenvalue weighted by atomic mass is 9.78. The van der Waals surface area contributed by atoms with Gasteiger partial charge in [-0.15, -0.1) is 0 Å². The highest BCUT2D eigenvalue weighted by Gasteiger charge is 2.26. The Labute approximate surface area is 127 Å². The molecular weight excluding hydrogens is 316 g/mol. The van der Waals surface area contributed by atoms with Crippen molar-refractivity contribution in [2.24, 2.45) is 0 Å². The first-order valence-corrected chi connectivity index (χ1v) is 7.88. The maximum Gasteiger partial charge on any atom is 0.165 e. The standard InChI is InChI=1S/C17H17BrO2/c1-19-16-8-4-6-13(10-18)17(16)20-11-14-9-12-5-2-3-7-15(12)14/h2-8,14H,9-11H2,1H3. The number of methoxy groups -OCH3 is 1. The lowest BCUT2D eigenvalue weighted by molar-refractivity contribution is 0.259. The Morgan fingerprint density at radius 2 is 2.00 bits per heavy atom. The minimum absolute atomic E-state index is 0.499. The van der Waals surface area contributed by atoms with Crippen molar-refractivity contribution in [3.05, 3.63) is 59.2 Å². The quantitative estimate of drug-likeness (QED) is 0.759. The average molecular weight is 333 g/mol. The normalized spacial score (nSPS) is 16.2. The van der Waals surface area contributed by atoms with Gasteiger partial charge in [0.05, 0.1) is 13.7 Å². The van der Waals surface area contributed by atoms with E-state index in [2.05, 4.69) is 46.3 Å². The fraction of sp³-hybridized carbons (Fsp3) is 0.294. The van der Waals surface area contributed by atoms with Crippen LogP contribution in [-0.4, -0.2) is 13.7 Å². The number of para-hydroxylation sites is 1. The van der Waals surface area contributed by atoms with Crippen molar-refractivity contribution in [1.82, 2.24) is 0 Å². The molecule has 0 saturated carbocycles. The van der Waals surface area contributed by atoms with Crippen LogP contribution >= 0.6 is 15.9 Å². The van der Waals surface area contributed by atoms with Crippen molar-refractivity contribution in [2.45, 2.75) is 17.7 Å². The summed E-state index contributed by atoms with van der Waals surface area (Å²) in [6.45, 7) is 0.706. The van der Waals surface area contributed by atoms with Gasteiger partial charge in [0.15, 0.2) is 11.5 Å². The van der Waals surface area contributed by atoms with E-state index in [1.54, 1.807) is 7.11 Å². The summed E-state index contributed by atoms with van der Waals surface area (Å²) < 4.78 is 11.5. The SMILES string of the molecule is COc1cccc(CBr)c1OCC1Cc2ccccc21. The van der Waals surface area contributed by atoms with Gasteiger partial charge in [-0.3, -0.25) is 0 Å². The third-order valence-corrected chi connectivity index (χ3v) is 4.42. The molecule has 0 heterocycles. The predicted octanol–water partition coefficient (Wildman–Crippen LogP) is 4.31. The average Bonchev–Trinajstić information content (AvgIpc) is 2.48. The molecular formula is C17H17BrO2. The number of fused-ring (bicyclic) bond motifs is 1. The van der Waals surface area contributed by atoms with Crippen molar-refractivity contribution in [1.29, 1.82) is 0 Å². The minimum atomic E-state index is 0.499. The molecule has 0 spiro atoms. The molecule has 0 bridgehead atoms. The molecule has 0 amide bonds. The minimum Gasteiger partial charge on any atom is -0.493 e. The Morgan fingerprint density at radius 1 is 1.15 bits per heavy atom. The molecule has 0 saturated heterocycles. The molecule has 3 rings (SSSR count). The Balaban J connectivity index is 1.74. The second-order valence-electron chi connectivity index (χ2n) is 4.99. The molecule has 0 radical (unpaired) electrons. The third-order valence-electron chi connectivity index (χ3n) is 3.81. The summed E-state index contributed by atoms with van der Waals surface area (Å²) in [5.41, 5.74) is 3.99. The number of halogens is 1. The lowest BCUT2D eigenvalue weighted by Gasteiger charge is -2.30. The number of ether oxygens (including phenoxy) is 2. The maximum atomic E-state index is 6.06. The molecule has 2 aromatic carbocycles. The van der Waals surface area contributed by atoms with Gasteiger partial charge in [0.25, 0.3) is 0 Å². The van der Waals surface area contributed by atoms with E-state index in [4.69, 9.17) is 9.47 Å². The zero-order valence-electron chi connectivity index (χ0n) is 11.4. The second kappa shape index (κ2) is 5.88. The van der Waals surface area contributed by atoms with Crippen molar-refractivity contribution in [3.63, 3.8) is 0 Å². The first-order chi connectivity index (χ1) is 9.83. The first-order valence-electron chi connectivity index (χ1n) is 6.76. The molecule has 0 aliphatic heterocycles. The Morgan fingerprint density at radius 3 is 2.75 bits per heavy atom. The highest BCUT2D eigenvalue weighted by atomic mass is 79.9. The van der Waals surface area contributed by atoms with Crippen molar-refractivity contribution in [2.75, 3.05) is 13.7 Å². The van der Waals surface area contributed by atoms with Gasteiger partial charge in [0.1, 0.15) is 0 Å². The molecule has 0 aromatic heterocycles. The van der Waals surface area contributed by atoms with Gasteiger partial charge in [-0.25, -0.2) is 0 Å². The van der Waals surface area contributed by atoms with Crippen molar-refractivity contribution < 1.29 is 9.47 Å². The summed E-state index contributed by atoms with van der Waals surface area (Å²) in [4.78, 5) is 0. The van der Waals surface area contributed by atoms with E-state index in [0.717, 1.165) is 28.8 Å². The predicted molar refractivity (Wildman–Crippen MR) is 84.0 cm³/mol. The molecule has 2 aromatic rings. The van der Waals surface area contributed by atoms with Crippen LogP contribution in [0.4, 0.5) is 0 Å². The van der Waals surface area contributed by atoms with Gasteiger partial charge < -0.3 is 9.47 Å². The van der Waals surface area contributed by atoms with Crippen LogP contribution in [0.15, 0.2) is 42.5 Å². The number of hydrogen-bond acceptors (Lipinski definition) is 2. The Hall–Kier alpha value is -1.48. The number of rotatable bonds is 5. The lowest BCUT2D eigenvalue weighted by Crippen LogP contribution is -2.23. The first kappa shape index (κ1) is 13.5. The van der Waals surface area contributed by atoms with Gasteiger partial charge in [-0.1, -0.05) is 52.3 Å². The molecule has 1 aliphatic rings. The summed E-state index contributed by atoms with van der Waals surface area (Å²) in [7, 11) is 1.68. The van der Waals surface area contributed by atoms with E-state index < -0.39 is 0 Å². The zero-order valence-corrected chi connectivity index (χ0v) is 13.0. The molecule has 3 heteroatoms. The van der Waals surface area contributed by atoms with Crippen LogP contribution in [-0.2, 0) is 11.8 Å². The van der Waals surface area contributed by atoms with Crippen LogP contribution in [0.25, 0.3) is 0 Å². The summed E-state index contributed by atoms with van der Waals surface area (Å²) in [6, 6.07) is 14.6. The number of hydrogen-bond donors (Lipinski definition) is 0. The Kier molecular flexibility index (Phi) is 3.97. The molecule has 2 nitrogen and oxygen atoms in total. The van der Waals surface area contributed by atoms with Gasteiger partial charge in [-0.05, 0) is 23.6 Å². The van der Waals surface area contributed by atoms with Crippen LogP contribution < -0.4 is 9.47 Å². The summed E-state index contributed by atoms with van der Waals surface area (Å²) in [5, 5.41) is 0.765. The van der Waals surface area contributed by atoms with Crippen molar-refractivity contribution in [3.8, 4) is 11.5 Å². The smallest absolute Gasteiger partial charge is 0.165 e. The van der Waals surface area contributed by atoms with Gasteiger partial charge in [0.2, 0.25) is 0 Å². The van der Waals surface area contributed by atoms with Gasteiger partial charge in [-0.2, -0.15) is 0 Å². The molecule has 104 valence electrons. The van der Waals surface area contributed by atoms with E-state index in [-0.39, 0.29) is 0 Å². The molecule has 0 N–H and O–H groups in total. The summed E-state index contributed by atoms with van der Waals surface area (Å²) >= 11 is 3.50. The van der Waals surface area contributed by atoms with Gasteiger partial charge >= 0.3 is 0 Å². The number of alkyl halides is 1. The topological polar surface area (TPSA) is 18.5 Å². The van der Waals surface area contributed by atoms with Crippen LogP contribution in [0, 0.1) is 0 Å². The molecule has 1 unspecified atom stereocenters. The van der Waals surface area contributed by atoms with Crippen LogP contribution in [0.5, 0.6) is 11.5 Å². The van der Waals surface area contributed by atoms with Crippen LogP contribution in [0.2, 0.25) is 0 Å². The molecule has 1 aliphatic carbocycles. The maximum absolute atomic E-state index is 6.06. The van der Waals surface area contributed by atoms with E-state index in [9.17, 15) is 0 Å². The van der Waals surface area contributed by atoms with E-state index in [1.807, 2.05) is 12.1 Å². The molecule has 20 heavy (non-hydrogen) atoms. The summed E-state index contributed by atoms with van der Waals surface area (Å²) in [5.74, 6) is 2.16. The third kappa shape index (κ3) is 2.42. The second-order valence-corrected chi connectivity index (χ2v) is 5.55. The molecule has 0 fully saturated rings. The summed E-state index contributed by atoms with van der Waals surface area (Å²) in [6.07, 6.45) is 1.11. The van der Waals surface area contributed by atoms with Crippen LogP contribution in [0.1, 0.15) is 22.6 Å². The zero-order chi connectivity index (χ0) is 13.9. The fourth-order valence-electron chi connectivity index (χ4n) is 2.69. The van der Waals surface area contributed by atoms with E-state index >= 15 is 0 Å². The highest BCUT2D eigenvalue weighted by molar-refractivity contribution is 9.08. The van der Waals surface area contributed by atoms with E-state index in [0.29, 0.717) is 12.5 Å². The van der Waals surface area contributed by atoms with Gasteiger partial charge in [0, 0.05) is 16.8 Å². The molecule has 1 atom stereocenters. The number of benzene rings is 2. The van der Waals surface area contributed by atoms with Crippen LogP contribution in [0.3, 0.4) is 0 Å². The van der Waals surface area contributed by atoms with E-state index in [1.165, 1.54) is 11.1 Å². The fourth-order valence-corrected chi connectivity index (χ4v) is 3.13.